The van der Waals surface area contributed by atoms with Crippen LogP contribution in [-0.4, -0.2) is 39.4 Å². The molecule has 0 aromatic heterocycles. The van der Waals surface area contributed by atoms with Gasteiger partial charge in [0.1, 0.15) is 11.5 Å². The summed E-state index contributed by atoms with van der Waals surface area (Å²) in [5.41, 5.74) is 7.08. The molecule has 6 bridgehead atoms. The molecule has 6 heteroatoms. The SMILES string of the molecule is CCOC(=O)[C@@H]1[C@H](C(=O)OCC)[C@H]2c3cc4cc(c3OC)C3CCC3c3cc(cc(c3OC)[C@@H]12)CCCC4. The van der Waals surface area contributed by atoms with Gasteiger partial charge < -0.3 is 18.9 Å². The predicted octanol–water partition coefficient (Wildman–Crippen LogP) is 5.80. The highest BCUT2D eigenvalue weighted by Crippen LogP contribution is 2.65. The van der Waals surface area contributed by atoms with Crippen molar-refractivity contribution in [2.24, 2.45) is 11.8 Å². The molecule has 0 radical (unpaired) electrons. The summed E-state index contributed by atoms with van der Waals surface area (Å²) in [6.45, 7) is 4.14. The maximum absolute atomic E-state index is 13.5. The molecule has 6 nitrogen and oxygen atoms in total. The van der Waals surface area contributed by atoms with E-state index in [-0.39, 0.29) is 37.0 Å². The Hall–Kier alpha value is -3.02. The summed E-state index contributed by atoms with van der Waals surface area (Å²) in [6.07, 6.45) is 6.34. The minimum Gasteiger partial charge on any atom is -0.496 e. The first-order valence-corrected chi connectivity index (χ1v) is 14.3. The second-order valence-electron chi connectivity index (χ2n) is 11.2. The number of fused-ring (bicyclic) bond motifs is 3. The van der Waals surface area contributed by atoms with Crippen LogP contribution in [0.1, 0.15) is 96.6 Å². The van der Waals surface area contributed by atoms with E-state index in [4.69, 9.17) is 18.9 Å². The molecule has 2 unspecified atom stereocenters. The Bertz CT molecular complexity index is 1170. The van der Waals surface area contributed by atoms with Gasteiger partial charge in [-0.2, -0.15) is 0 Å². The third-order valence-electron chi connectivity index (χ3n) is 9.46. The first-order chi connectivity index (χ1) is 18.5. The van der Waals surface area contributed by atoms with Gasteiger partial charge in [-0.15, -0.1) is 0 Å². The lowest BCUT2D eigenvalue weighted by molar-refractivity contribution is -0.171. The monoisotopic (exact) mass is 518 g/mol. The van der Waals surface area contributed by atoms with E-state index >= 15 is 0 Å². The Kier molecular flexibility index (Phi) is 6.61. The molecule has 6 atom stereocenters. The number of aryl methyl sites for hydroxylation is 2. The number of esters is 2. The van der Waals surface area contributed by atoms with Crippen LogP contribution in [0.25, 0.3) is 0 Å². The minimum atomic E-state index is -0.646. The average molecular weight is 519 g/mol. The Morgan fingerprint density at radius 2 is 1.08 bits per heavy atom. The normalized spacial score (nSPS) is 28.3. The molecule has 2 aromatic carbocycles. The highest BCUT2D eigenvalue weighted by molar-refractivity contribution is 5.88. The fourth-order valence-corrected chi connectivity index (χ4v) is 7.77. The van der Waals surface area contributed by atoms with Gasteiger partial charge in [-0.1, -0.05) is 24.3 Å². The van der Waals surface area contributed by atoms with Crippen LogP contribution >= 0.6 is 0 Å². The van der Waals surface area contributed by atoms with E-state index in [1.807, 2.05) is 13.8 Å². The number of methoxy groups -OCH3 is 2. The van der Waals surface area contributed by atoms with Gasteiger partial charge in [0.25, 0.3) is 0 Å². The molecule has 2 aromatic rings. The van der Waals surface area contributed by atoms with E-state index in [0.717, 1.165) is 61.2 Å². The van der Waals surface area contributed by atoms with Crippen LogP contribution in [0, 0.1) is 11.8 Å². The minimum absolute atomic E-state index is 0.261. The fourth-order valence-electron chi connectivity index (χ4n) is 7.77. The average Bonchev–Trinajstić information content (AvgIpc) is 2.85. The number of rotatable bonds is 6. The molecular formula is C32H38O6. The summed E-state index contributed by atoms with van der Waals surface area (Å²) in [4.78, 5) is 27.1. The van der Waals surface area contributed by atoms with Crippen molar-refractivity contribution in [1.82, 2.24) is 0 Å². The standard InChI is InChI=1S/C32H38O6/c1-5-37-31(33)27-25-23-15-17-9-7-8-10-18-14-22(20-12-11-19(20)21(13-17)29(23)35-3)30(36-4)24(16-18)26(25)28(27)32(34)38-6-2/h13-16,19-20,25-28H,5-12H2,1-4H3/t19?,20?,25-,26+,27+,28-. The number of carbonyl (C=O) groups excluding carboxylic acids is 2. The molecule has 38 heavy (non-hydrogen) atoms. The molecule has 0 heterocycles. The Morgan fingerprint density at radius 1 is 0.684 bits per heavy atom. The van der Waals surface area contributed by atoms with Gasteiger partial charge >= 0.3 is 11.9 Å². The van der Waals surface area contributed by atoms with Crippen molar-refractivity contribution < 1.29 is 28.5 Å². The summed E-state index contributed by atoms with van der Waals surface area (Å²) in [7, 11) is 3.47. The zero-order chi connectivity index (χ0) is 26.6. The third-order valence-corrected chi connectivity index (χ3v) is 9.46. The molecule has 0 N–H and O–H groups in total. The van der Waals surface area contributed by atoms with Gasteiger partial charge in [-0.05, 0) is 97.6 Å². The van der Waals surface area contributed by atoms with Crippen molar-refractivity contribution in [3.63, 3.8) is 0 Å². The molecule has 0 spiro atoms. The Balaban J connectivity index is 1.67. The Labute approximate surface area is 225 Å². The largest absolute Gasteiger partial charge is 0.496 e. The molecule has 2 fully saturated rings. The van der Waals surface area contributed by atoms with Crippen LogP contribution in [-0.2, 0) is 31.9 Å². The van der Waals surface area contributed by atoms with Crippen LogP contribution < -0.4 is 9.47 Å². The quantitative estimate of drug-likeness (QED) is 0.451. The van der Waals surface area contributed by atoms with E-state index in [0.29, 0.717) is 11.8 Å². The molecule has 0 aliphatic heterocycles. The second kappa shape index (κ2) is 9.94. The molecule has 202 valence electrons. The summed E-state index contributed by atoms with van der Waals surface area (Å²) < 4.78 is 23.5. The van der Waals surface area contributed by atoms with Crippen molar-refractivity contribution in [1.29, 1.82) is 0 Å². The maximum Gasteiger partial charge on any atom is 0.310 e. The van der Waals surface area contributed by atoms with Gasteiger partial charge in [0.2, 0.25) is 0 Å². The summed E-state index contributed by atoms with van der Waals surface area (Å²) in [6, 6.07) is 9.16. The van der Waals surface area contributed by atoms with Crippen molar-refractivity contribution in [2.75, 3.05) is 27.4 Å². The fraction of sp³-hybridized carbons (Fsp3) is 0.562. The van der Waals surface area contributed by atoms with Crippen LogP contribution in [0.3, 0.4) is 0 Å². The van der Waals surface area contributed by atoms with E-state index in [2.05, 4.69) is 24.3 Å². The summed E-state index contributed by atoms with van der Waals surface area (Å²) in [5, 5.41) is 0. The molecular weight excluding hydrogens is 480 g/mol. The van der Waals surface area contributed by atoms with Gasteiger partial charge in [-0.3, -0.25) is 9.59 Å². The van der Waals surface area contributed by atoms with E-state index in [1.54, 1.807) is 14.2 Å². The lowest BCUT2D eigenvalue weighted by Crippen LogP contribution is -2.52. The van der Waals surface area contributed by atoms with Crippen molar-refractivity contribution in [3.05, 3.63) is 57.6 Å². The Morgan fingerprint density at radius 3 is 1.42 bits per heavy atom. The van der Waals surface area contributed by atoms with Crippen LogP contribution in [0.5, 0.6) is 11.5 Å². The summed E-state index contributed by atoms with van der Waals surface area (Å²) >= 11 is 0. The van der Waals surface area contributed by atoms with Gasteiger partial charge in [0.05, 0.1) is 39.3 Å². The number of benzene rings is 2. The zero-order valence-electron chi connectivity index (χ0n) is 22.9. The predicted molar refractivity (Wildman–Crippen MR) is 143 cm³/mol. The third kappa shape index (κ3) is 3.74. The smallest absolute Gasteiger partial charge is 0.310 e. The first-order valence-electron chi connectivity index (χ1n) is 14.3. The molecule has 5 aliphatic carbocycles. The van der Waals surface area contributed by atoms with Crippen LogP contribution in [0.15, 0.2) is 24.3 Å². The number of hydrogen-bond donors (Lipinski definition) is 0. The van der Waals surface area contributed by atoms with Crippen molar-refractivity contribution >= 4 is 11.9 Å². The summed E-state index contributed by atoms with van der Waals surface area (Å²) in [5.74, 6) is -0.121. The van der Waals surface area contributed by atoms with Gasteiger partial charge in [-0.25, -0.2) is 0 Å². The topological polar surface area (TPSA) is 71.1 Å². The zero-order valence-corrected chi connectivity index (χ0v) is 22.9. The van der Waals surface area contributed by atoms with Crippen molar-refractivity contribution in [2.45, 2.75) is 76.0 Å². The maximum atomic E-state index is 13.5. The number of carbonyl (C=O) groups is 2. The number of ether oxygens (including phenoxy) is 4. The molecule has 7 rings (SSSR count). The van der Waals surface area contributed by atoms with E-state index in [1.165, 1.54) is 22.3 Å². The van der Waals surface area contributed by atoms with Crippen LogP contribution in [0.4, 0.5) is 0 Å². The molecule has 0 amide bonds. The first kappa shape index (κ1) is 25.3. The van der Waals surface area contributed by atoms with Gasteiger partial charge in [0, 0.05) is 11.8 Å². The van der Waals surface area contributed by atoms with Gasteiger partial charge in [0.15, 0.2) is 0 Å². The highest BCUT2D eigenvalue weighted by Gasteiger charge is 2.62. The number of hydrogen-bond acceptors (Lipinski definition) is 6. The van der Waals surface area contributed by atoms with Crippen LogP contribution in [0.2, 0.25) is 0 Å². The van der Waals surface area contributed by atoms with E-state index < -0.39 is 11.8 Å². The lowest BCUT2D eigenvalue weighted by Gasteiger charge is -2.51. The van der Waals surface area contributed by atoms with E-state index in [9.17, 15) is 9.59 Å². The lowest BCUT2D eigenvalue weighted by atomic mass is 9.50. The molecule has 5 aliphatic rings. The van der Waals surface area contributed by atoms with Crippen molar-refractivity contribution in [3.8, 4) is 11.5 Å². The molecule has 2 saturated carbocycles. The molecule has 0 saturated heterocycles. The second-order valence-corrected chi connectivity index (χ2v) is 11.2. The highest BCUT2D eigenvalue weighted by atomic mass is 16.5.